The van der Waals surface area contributed by atoms with E-state index in [0.29, 0.717) is 11.4 Å². The molecule has 0 spiro atoms. The van der Waals surface area contributed by atoms with Crippen LogP contribution in [-0.4, -0.2) is 17.2 Å². The van der Waals surface area contributed by atoms with Gasteiger partial charge in [-0.15, -0.1) is 11.6 Å². The number of anilines is 2. The maximum absolute atomic E-state index is 11.3. The Hall–Kier alpha value is -1.55. The average molecular weight is 241 g/mol. The van der Waals surface area contributed by atoms with Gasteiger partial charge in [0.25, 0.3) is 0 Å². The number of alkyl halides is 1. The van der Waals surface area contributed by atoms with Gasteiger partial charge >= 0.3 is 0 Å². The first-order valence-electron chi connectivity index (χ1n) is 4.81. The van der Waals surface area contributed by atoms with Crippen LogP contribution in [0.15, 0.2) is 24.3 Å². The highest BCUT2D eigenvalue weighted by atomic mass is 35.5. The van der Waals surface area contributed by atoms with Crippen LogP contribution < -0.4 is 10.6 Å². The molecular weight excluding hydrogens is 228 g/mol. The molecule has 1 rings (SSSR count). The summed E-state index contributed by atoms with van der Waals surface area (Å²) >= 11 is 5.61. The van der Waals surface area contributed by atoms with E-state index in [-0.39, 0.29) is 11.8 Å². The molecule has 0 radical (unpaired) electrons. The first-order chi connectivity index (χ1) is 7.49. The van der Waals surface area contributed by atoms with Gasteiger partial charge in [-0.05, 0) is 31.2 Å². The van der Waals surface area contributed by atoms with Gasteiger partial charge in [-0.3, -0.25) is 9.59 Å². The number of rotatable bonds is 3. The van der Waals surface area contributed by atoms with E-state index in [2.05, 4.69) is 10.6 Å². The zero-order valence-electron chi connectivity index (χ0n) is 9.08. The first kappa shape index (κ1) is 12.5. The third-order valence-electron chi connectivity index (χ3n) is 1.83. The number of carbonyl (C=O) groups is 2. The van der Waals surface area contributed by atoms with Crippen molar-refractivity contribution in [1.29, 1.82) is 0 Å². The number of nitrogens with one attached hydrogen (secondary N) is 2. The van der Waals surface area contributed by atoms with Gasteiger partial charge in [0.15, 0.2) is 0 Å². The Bertz CT molecular complexity index is 387. The highest BCUT2D eigenvalue weighted by Gasteiger charge is 2.08. The van der Waals surface area contributed by atoms with Crippen LogP contribution in [0.5, 0.6) is 0 Å². The van der Waals surface area contributed by atoms with Gasteiger partial charge in [0, 0.05) is 18.3 Å². The SMILES string of the molecule is CC(=O)Nc1ccc(NC(=O)[C@H](C)Cl)cc1. The Labute approximate surface area is 99.0 Å². The highest BCUT2D eigenvalue weighted by Crippen LogP contribution is 2.14. The van der Waals surface area contributed by atoms with Crippen molar-refractivity contribution in [3.63, 3.8) is 0 Å². The molecule has 2 amide bonds. The Morgan fingerprint density at radius 1 is 1.12 bits per heavy atom. The van der Waals surface area contributed by atoms with Crippen LogP contribution in [0.1, 0.15) is 13.8 Å². The predicted molar refractivity (Wildman–Crippen MR) is 64.7 cm³/mol. The molecule has 1 aromatic rings. The molecule has 4 nitrogen and oxygen atoms in total. The Morgan fingerprint density at radius 2 is 1.56 bits per heavy atom. The molecule has 1 atom stereocenters. The molecular formula is C11H13ClN2O2. The fourth-order valence-electron chi connectivity index (χ4n) is 1.08. The number of hydrogen-bond acceptors (Lipinski definition) is 2. The smallest absolute Gasteiger partial charge is 0.242 e. The van der Waals surface area contributed by atoms with E-state index in [0.717, 1.165) is 0 Å². The van der Waals surface area contributed by atoms with Crippen LogP contribution in [-0.2, 0) is 9.59 Å². The minimum Gasteiger partial charge on any atom is -0.326 e. The lowest BCUT2D eigenvalue weighted by atomic mass is 10.2. The molecule has 86 valence electrons. The van der Waals surface area contributed by atoms with E-state index in [1.54, 1.807) is 31.2 Å². The summed E-state index contributed by atoms with van der Waals surface area (Å²) < 4.78 is 0. The van der Waals surface area contributed by atoms with E-state index >= 15 is 0 Å². The number of amides is 2. The highest BCUT2D eigenvalue weighted by molar-refractivity contribution is 6.32. The van der Waals surface area contributed by atoms with Crippen molar-refractivity contribution in [1.82, 2.24) is 0 Å². The standard InChI is InChI=1S/C11H13ClN2O2/c1-7(12)11(16)14-10-5-3-9(4-6-10)13-8(2)15/h3-7H,1-2H3,(H,13,15)(H,14,16)/t7-/m0/s1. The van der Waals surface area contributed by atoms with Crippen molar-refractivity contribution in [2.45, 2.75) is 19.2 Å². The zero-order valence-corrected chi connectivity index (χ0v) is 9.84. The van der Waals surface area contributed by atoms with E-state index in [4.69, 9.17) is 11.6 Å². The van der Waals surface area contributed by atoms with Gasteiger partial charge < -0.3 is 10.6 Å². The summed E-state index contributed by atoms with van der Waals surface area (Å²) in [6.07, 6.45) is 0. The molecule has 0 unspecified atom stereocenters. The van der Waals surface area contributed by atoms with Gasteiger partial charge in [-0.25, -0.2) is 0 Å². The maximum Gasteiger partial charge on any atom is 0.242 e. The molecule has 0 aliphatic heterocycles. The zero-order chi connectivity index (χ0) is 12.1. The summed E-state index contributed by atoms with van der Waals surface area (Å²) in [5, 5.41) is 4.69. The lowest BCUT2D eigenvalue weighted by Crippen LogP contribution is -2.20. The monoisotopic (exact) mass is 240 g/mol. The number of hydrogen-bond donors (Lipinski definition) is 2. The molecule has 0 fully saturated rings. The Morgan fingerprint density at radius 3 is 1.94 bits per heavy atom. The van der Waals surface area contributed by atoms with Gasteiger partial charge in [0.1, 0.15) is 5.38 Å². The van der Waals surface area contributed by atoms with Crippen molar-refractivity contribution in [2.24, 2.45) is 0 Å². The van der Waals surface area contributed by atoms with E-state index in [1.165, 1.54) is 6.92 Å². The molecule has 1 aromatic carbocycles. The minimum absolute atomic E-state index is 0.133. The summed E-state index contributed by atoms with van der Waals surface area (Å²) in [5.74, 6) is -0.389. The number of carbonyl (C=O) groups excluding carboxylic acids is 2. The van der Waals surface area contributed by atoms with E-state index in [9.17, 15) is 9.59 Å². The van der Waals surface area contributed by atoms with Crippen LogP contribution in [0.3, 0.4) is 0 Å². The molecule has 16 heavy (non-hydrogen) atoms. The third-order valence-corrected chi connectivity index (χ3v) is 2.03. The van der Waals surface area contributed by atoms with Crippen molar-refractivity contribution in [2.75, 3.05) is 10.6 Å². The van der Waals surface area contributed by atoms with Crippen LogP contribution in [0.25, 0.3) is 0 Å². The van der Waals surface area contributed by atoms with Crippen LogP contribution in [0, 0.1) is 0 Å². The largest absolute Gasteiger partial charge is 0.326 e. The topological polar surface area (TPSA) is 58.2 Å². The molecule has 0 heterocycles. The second-order valence-corrected chi connectivity index (χ2v) is 4.02. The Balaban J connectivity index is 2.64. The summed E-state index contributed by atoms with van der Waals surface area (Å²) in [6, 6.07) is 6.80. The predicted octanol–water partition coefficient (Wildman–Crippen LogP) is 2.21. The summed E-state index contributed by atoms with van der Waals surface area (Å²) in [7, 11) is 0. The average Bonchev–Trinajstić information content (AvgIpc) is 2.20. The molecule has 0 aliphatic rings. The van der Waals surface area contributed by atoms with Crippen molar-refractivity contribution in [3.8, 4) is 0 Å². The van der Waals surface area contributed by atoms with Gasteiger partial charge in [0.05, 0.1) is 0 Å². The lowest BCUT2D eigenvalue weighted by molar-refractivity contribution is -0.116. The van der Waals surface area contributed by atoms with Gasteiger partial charge in [0.2, 0.25) is 11.8 Å². The molecule has 0 bridgehead atoms. The summed E-state index contributed by atoms with van der Waals surface area (Å²) in [5.41, 5.74) is 1.33. The normalized spacial score (nSPS) is 11.7. The van der Waals surface area contributed by atoms with E-state index in [1.807, 2.05) is 0 Å². The first-order valence-corrected chi connectivity index (χ1v) is 5.25. The second kappa shape index (κ2) is 5.51. The van der Waals surface area contributed by atoms with Crippen molar-refractivity contribution < 1.29 is 9.59 Å². The Kier molecular flexibility index (Phi) is 4.31. The molecule has 0 saturated carbocycles. The fraction of sp³-hybridized carbons (Fsp3) is 0.273. The lowest BCUT2D eigenvalue weighted by Gasteiger charge is -2.07. The van der Waals surface area contributed by atoms with E-state index < -0.39 is 5.38 Å². The van der Waals surface area contributed by atoms with Crippen LogP contribution in [0.4, 0.5) is 11.4 Å². The molecule has 0 aliphatic carbocycles. The molecule has 0 saturated heterocycles. The van der Waals surface area contributed by atoms with Crippen LogP contribution in [0.2, 0.25) is 0 Å². The number of benzene rings is 1. The molecule has 2 N–H and O–H groups in total. The maximum atomic E-state index is 11.3. The third kappa shape index (κ3) is 3.90. The summed E-state index contributed by atoms with van der Waals surface area (Å²) in [6.45, 7) is 3.04. The molecule has 5 heteroatoms. The molecule has 0 aromatic heterocycles. The van der Waals surface area contributed by atoms with Crippen LogP contribution >= 0.6 is 11.6 Å². The van der Waals surface area contributed by atoms with Crippen molar-refractivity contribution in [3.05, 3.63) is 24.3 Å². The van der Waals surface area contributed by atoms with Gasteiger partial charge in [-0.1, -0.05) is 0 Å². The summed E-state index contributed by atoms with van der Waals surface area (Å²) in [4.78, 5) is 22.0. The fourth-order valence-corrected chi connectivity index (χ4v) is 1.14. The minimum atomic E-state index is -0.574. The quantitative estimate of drug-likeness (QED) is 0.796. The van der Waals surface area contributed by atoms with Gasteiger partial charge in [-0.2, -0.15) is 0 Å². The second-order valence-electron chi connectivity index (χ2n) is 3.36. The number of halogens is 1. The van der Waals surface area contributed by atoms with Crippen molar-refractivity contribution >= 4 is 34.8 Å².